The summed E-state index contributed by atoms with van der Waals surface area (Å²) in [7, 11) is 1.36. The van der Waals surface area contributed by atoms with Gasteiger partial charge in [0.25, 0.3) is 0 Å². The first kappa shape index (κ1) is 23.9. The number of β-lactam (4-membered cyclic amide) rings is 1. The molecule has 1 amide bonds. The van der Waals surface area contributed by atoms with Gasteiger partial charge < -0.3 is 19.3 Å². The van der Waals surface area contributed by atoms with Gasteiger partial charge in [0.15, 0.2) is 17.9 Å². The normalized spacial score (nSPS) is 22.3. The number of rotatable bonds is 9. The molecular formula is C24H26F2N2O6. The van der Waals surface area contributed by atoms with Crippen LogP contribution in [0.4, 0.5) is 8.78 Å². The highest BCUT2D eigenvalue weighted by atomic mass is 19.3. The van der Waals surface area contributed by atoms with E-state index in [1.54, 1.807) is 13.0 Å². The lowest BCUT2D eigenvalue weighted by Gasteiger charge is -2.48. The number of nitrogens with zero attached hydrogens (tertiary/aromatic N) is 1. The molecule has 8 nitrogen and oxygen atoms in total. The molecule has 2 heterocycles. The maximum atomic E-state index is 13.3. The molecule has 2 N–H and O–H groups in total. The molecule has 0 radical (unpaired) electrons. The fourth-order valence-electron chi connectivity index (χ4n) is 4.41. The van der Waals surface area contributed by atoms with Crippen molar-refractivity contribution in [2.45, 2.75) is 51.4 Å². The second kappa shape index (κ2) is 9.19. The molecule has 2 aromatic carbocycles. The first-order valence-electron chi connectivity index (χ1n) is 10.9. The monoisotopic (exact) mass is 476 g/mol. The fourth-order valence-corrected chi connectivity index (χ4v) is 4.41. The smallest absolute Gasteiger partial charge is 0.480 e. The van der Waals surface area contributed by atoms with Gasteiger partial charge in [0.2, 0.25) is 5.91 Å². The second-order valence-electron chi connectivity index (χ2n) is 8.51. The Hall–Kier alpha value is -3.24. The van der Waals surface area contributed by atoms with Crippen LogP contribution in [0, 0.1) is 12.8 Å². The first-order valence-corrected chi connectivity index (χ1v) is 10.9. The number of hydrogen-bond donors (Lipinski definition) is 2. The van der Waals surface area contributed by atoms with Crippen molar-refractivity contribution in [1.29, 1.82) is 0 Å². The molecule has 4 rings (SSSR count). The van der Waals surface area contributed by atoms with Gasteiger partial charge in [-0.15, -0.1) is 8.78 Å². The molecule has 0 aromatic heterocycles. The minimum atomic E-state index is -3.72. The van der Waals surface area contributed by atoms with Gasteiger partial charge in [-0.1, -0.05) is 35.9 Å². The summed E-state index contributed by atoms with van der Waals surface area (Å²) in [6.45, 7) is 3.71. The quantitative estimate of drug-likeness (QED) is 0.423. The van der Waals surface area contributed by atoms with Crippen LogP contribution >= 0.6 is 0 Å². The van der Waals surface area contributed by atoms with Gasteiger partial charge in [0, 0.05) is 13.2 Å². The summed E-state index contributed by atoms with van der Waals surface area (Å²) in [5.41, 5.74) is 2.70. The van der Waals surface area contributed by atoms with Gasteiger partial charge in [0.1, 0.15) is 6.04 Å². The fraction of sp³-hybridized carbons (Fsp3) is 0.417. The maximum Gasteiger partial charge on any atom is 0.586 e. The summed E-state index contributed by atoms with van der Waals surface area (Å²) in [5, 5.41) is 12.9. The molecule has 0 bridgehead atoms. The Morgan fingerprint density at radius 3 is 2.65 bits per heavy atom. The highest BCUT2D eigenvalue weighted by molar-refractivity contribution is 5.96. The Labute approximate surface area is 195 Å². The van der Waals surface area contributed by atoms with Gasteiger partial charge in [0.05, 0.1) is 5.92 Å². The summed E-state index contributed by atoms with van der Waals surface area (Å²) in [4.78, 5) is 26.1. The number of benzene rings is 2. The zero-order valence-electron chi connectivity index (χ0n) is 19.0. The van der Waals surface area contributed by atoms with Crippen LogP contribution in [0.1, 0.15) is 36.1 Å². The number of hydrogen-bond acceptors (Lipinski definition) is 6. The van der Waals surface area contributed by atoms with Gasteiger partial charge >= 0.3 is 12.3 Å². The summed E-state index contributed by atoms with van der Waals surface area (Å²) in [6.07, 6.45) is -3.76. The lowest BCUT2D eigenvalue weighted by atomic mass is 9.82. The largest absolute Gasteiger partial charge is 0.586 e. The Kier molecular flexibility index (Phi) is 6.46. The van der Waals surface area contributed by atoms with Crippen molar-refractivity contribution < 1.29 is 37.7 Å². The number of aliphatic carboxylic acids is 1. The summed E-state index contributed by atoms with van der Waals surface area (Å²) in [5.74, 6) is -2.29. The minimum Gasteiger partial charge on any atom is -0.480 e. The number of carboxylic acid groups (broad SMARTS) is 1. The maximum absolute atomic E-state index is 13.3. The highest BCUT2D eigenvalue weighted by Crippen LogP contribution is 2.42. The number of carboxylic acids is 1. The van der Waals surface area contributed by atoms with E-state index in [4.69, 9.17) is 4.74 Å². The molecule has 4 atom stereocenters. The van der Waals surface area contributed by atoms with Crippen molar-refractivity contribution >= 4 is 11.9 Å². The third-order valence-corrected chi connectivity index (χ3v) is 6.13. The Bertz CT molecular complexity index is 1090. The van der Waals surface area contributed by atoms with E-state index in [-0.39, 0.29) is 17.4 Å². The minimum absolute atomic E-state index is 0.0791. The molecule has 2 aliphatic heterocycles. The van der Waals surface area contributed by atoms with Crippen LogP contribution in [0.3, 0.4) is 0 Å². The average molecular weight is 476 g/mol. The number of carbonyl (C=O) groups excluding carboxylic acids is 1. The van der Waals surface area contributed by atoms with E-state index in [1.165, 1.54) is 24.1 Å². The van der Waals surface area contributed by atoms with Crippen LogP contribution in [-0.4, -0.2) is 47.7 Å². The molecule has 3 unspecified atom stereocenters. The number of methoxy groups -OCH3 is 1. The summed E-state index contributed by atoms with van der Waals surface area (Å²) in [6, 6.07) is 10.7. The lowest BCUT2D eigenvalue weighted by molar-refractivity contribution is -0.286. The van der Waals surface area contributed by atoms with Crippen LogP contribution in [0.25, 0.3) is 0 Å². The Morgan fingerprint density at radius 1 is 1.24 bits per heavy atom. The molecule has 1 fully saturated rings. The summed E-state index contributed by atoms with van der Waals surface area (Å²) >= 11 is 0. The molecule has 2 aromatic rings. The second-order valence-corrected chi connectivity index (χ2v) is 8.51. The molecule has 2 aliphatic rings. The van der Waals surface area contributed by atoms with Crippen LogP contribution in [0.2, 0.25) is 0 Å². The standard InChI is InChI=1S/C24H26F2N2O6/c1-13-5-4-6-15(11-13)7-9-17-20(22(30)31)28(21(17)29)23(32-3)27-14(2)16-8-10-18-19(12-16)34-24(25,26)33-18/h4-6,8,10-12,14,17,20,23,27H,7,9H2,1-3H3,(H,30,31)/t14?,17-,20?,23?/m1/s1. The molecule has 34 heavy (non-hydrogen) atoms. The number of alkyl halides is 2. The third kappa shape index (κ3) is 4.69. The van der Waals surface area contributed by atoms with E-state index < -0.39 is 36.6 Å². The van der Waals surface area contributed by atoms with E-state index >= 15 is 0 Å². The van der Waals surface area contributed by atoms with Crippen molar-refractivity contribution in [3.63, 3.8) is 0 Å². The van der Waals surface area contributed by atoms with E-state index in [0.29, 0.717) is 18.4 Å². The van der Waals surface area contributed by atoms with Crippen LogP contribution in [0.15, 0.2) is 42.5 Å². The average Bonchev–Trinajstić information content (AvgIpc) is 3.09. The van der Waals surface area contributed by atoms with Crippen LogP contribution in [-0.2, 0) is 20.7 Å². The zero-order chi connectivity index (χ0) is 24.6. The molecule has 10 heteroatoms. The van der Waals surface area contributed by atoms with Crippen molar-refractivity contribution in [1.82, 2.24) is 10.2 Å². The van der Waals surface area contributed by atoms with Crippen molar-refractivity contribution in [2.75, 3.05) is 7.11 Å². The SMILES string of the molecule is COC(NC(C)c1ccc2c(c1)OC(F)(F)O2)N1C(=O)[C@H](CCc2cccc(C)c2)C1C(=O)O. The number of amides is 1. The van der Waals surface area contributed by atoms with Gasteiger partial charge in [-0.2, -0.15) is 0 Å². The van der Waals surface area contributed by atoms with E-state index in [9.17, 15) is 23.5 Å². The lowest BCUT2D eigenvalue weighted by Crippen LogP contribution is -2.70. The predicted molar refractivity (Wildman–Crippen MR) is 116 cm³/mol. The molecule has 0 saturated carbocycles. The van der Waals surface area contributed by atoms with Crippen molar-refractivity contribution in [3.8, 4) is 11.5 Å². The number of halogens is 2. The Balaban J connectivity index is 1.43. The molecular weight excluding hydrogens is 450 g/mol. The number of likely N-dealkylation sites (tertiary alicyclic amines) is 1. The van der Waals surface area contributed by atoms with Crippen LogP contribution < -0.4 is 14.8 Å². The number of carbonyl (C=O) groups is 2. The van der Waals surface area contributed by atoms with Crippen LogP contribution in [0.5, 0.6) is 11.5 Å². The van der Waals surface area contributed by atoms with Gasteiger partial charge in [-0.3, -0.25) is 15.0 Å². The summed E-state index contributed by atoms with van der Waals surface area (Å²) < 4.78 is 40.9. The number of fused-ring (bicyclic) bond motifs is 1. The predicted octanol–water partition coefficient (Wildman–Crippen LogP) is 3.44. The van der Waals surface area contributed by atoms with E-state index in [1.807, 2.05) is 31.2 Å². The van der Waals surface area contributed by atoms with E-state index in [2.05, 4.69) is 14.8 Å². The molecule has 182 valence electrons. The molecule has 1 saturated heterocycles. The zero-order valence-corrected chi connectivity index (χ0v) is 19.0. The van der Waals surface area contributed by atoms with Crippen molar-refractivity contribution in [3.05, 3.63) is 59.2 Å². The van der Waals surface area contributed by atoms with Crippen molar-refractivity contribution in [2.24, 2.45) is 5.92 Å². The third-order valence-electron chi connectivity index (χ3n) is 6.13. The van der Waals surface area contributed by atoms with Gasteiger partial charge in [-0.05, 0) is 49.9 Å². The first-order chi connectivity index (χ1) is 16.1. The number of ether oxygens (including phenoxy) is 3. The van der Waals surface area contributed by atoms with Gasteiger partial charge in [-0.25, -0.2) is 4.79 Å². The highest BCUT2D eigenvalue weighted by Gasteiger charge is 2.54. The van der Waals surface area contributed by atoms with E-state index in [0.717, 1.165) is 11.1 Å². The number of aryl methyl sites for hydroxylation is 2. The Morgan fingerprint density at radius 2 is 1.97 bits per heavy atom. The topological polar surface area (TPSA) is 97.3 Å². The molecule has 0 aliphatic carbocycles. The molecule has 0 spiro atoms. The number of nitrogens with one attached hydrogen (secondary N) is 1.